The predicted molar refractivity (Wildman–Crippen MR) is 150 cm³/mol. The molecule has 0 radical (unpaired) electrons. The van der Waals surface area contributed by atoms with Crippen LogP contribution in [0.3, 0.4) is 0 Å². The van der Waals surface area contributed by atoms with E-state index >= 15 is 0 Å². The zero-order chi connectivity index (χ0) is 29.6. The minimum absolute atomic E-state index is 0.160. The van der Waals surface area contributed by atoms with Crippen LogP contribution in [0.15, 0.2) is 91.0 Å². The lowest BCUT2D eigenvalue weighted by Crippen LogP contribution is -2.62. The third-order valence-corrected chi connectivity index (χ3v) is 6.49. The number of hydrogen-bond acceptors (Lipinski definition) is 9. The lowest BCUT2D eigenvalue weighted by atomic mass is 9.98. The summed E-state index contributed by atoms with van der Waals surface area (Å²) in [6.45, 7) is 1.52. The first-order valence-electron chi connectivity index (χ1n) is 12.3. The van der Waals surface area contributed by atoms with Crippen molar-refractivity contribution in [3.05, 3.63) is 108 Å². The zero-order valence-corrected chi connectivity index (χ0v) is 23.7. The van der Waals surface area contributed by atoms with Crippen LogP contribution < -0.4 is 0 Å². The van der Waals surface area contributed by atoms with E-state index in [1.807, 2.05) is 0 Å². The van der Waals surface area contributed by atoms with Crippen molar-refractivity contribution in [3.63, 3.8) is 0 Å². The Balaban J connectivity index is 1.73. The second-order valence-corrected chi connectivity index (χ2v) is 11.1. The van der Waals surface area contributed by atoms with E-state index < -0.39 is 58.3 Å². The highest BCUT2D eigenvalue weighted by atomic mass is 35.6. The van der Waals surface area contributed by atoms with Crippen molar-refractivity contribution in [1.29, 1.82) is 5.41 Å². The molecule has 214 valence electrons. The van der Waals surface area contributed by atoms with Gasteiger partial charge in [0.15, 0.2) is 12.2 Å². The third-order valence-electron chi connectivity index (χ3n) is 5.98. The predicted octanol–water partition coefficient (Wildman–Crippen LogP) is 5.77. The minimum atomic E-state index is -2.28. The van der Waals surface area contributed by atoms with Crippen LogP contribution in [0.5, 0.6) is 0 Å². The maximum absolute atomic E-state index is 13.2. The van der Waals surface area contributed by atoms with Gasteiger partial charge in [0.05, 0.1) is 22.8 Å². The normalized spacial score (nSPS) is 22.2. The summed E-state index contributed by atoms with van der Waals surface area (Å²) in [6, 6.07) is 24.1. The van der Waals surface area contributed by atoms with Gasteiger partial charge in [0.25, 0.3) is 3.79 Å². The quantitative estimate of drug-likeness (QED) is 0.116. The number of ether oxygens (including phenoxy) is 5. The molecule has 0 spiro atoms. The number of benzene rings is 3. The van der Waals surface area contributed by atoms with E-state index in [1.165, 1.54) is 31.2 Å². The first-order valence-corrected chi connectivity index (χ1v) is 13.4. The molecule has 9 nitrogen and oxygen atoms in total. The number of nitrogens with one attached hydrogen (secondary N) is 1. The van der Waals surface area contributed by atoms with E-state index in [0.29, 0.717) is 0 Å². The van der Waals surface area contributed by atoms with Crippen molar-refractivity contribution in [3.8, 4) is 0 Å². The number of halogens is 3. The zero-order valence-electron chi connectivity index (χ0n) is 21.4. The Morgan fingerprint density at radius 3 is 1.39 bits per heavy atom. The molecule has 1 saturated heterocycles. The molecule has 0 aromatic heterocycles. The molecule has 1 N–H and O–H groups in total. The molecular weight excluding hydrogens is 597 g/mol. The summed E-state index contributed by atoms with van der Waals surface area (Å²) in [5.74, 6) is -3.22. The second-order valence-electron chi connectivity index (χ2n) is 8.86. The topological polar surface area (TPSA) is 121 Å². The average molecular weight is 621 g/mol. The molecule has 3 aromatic rings. The highest BCUT2D eigenvalue weighted by molar-refractivity contribution is 6.76. The van der Waals surface area contributed by atoms with Gasteiger partial charge in [-0.3, -0.25) is 5.41 Å². The van der Waals surface area contributed by atoms with Crippen LogP contribution in [0, 0.1) is 5.41 Å². The van der Waals surface area contributed by atoms with Gasteiger partial charge in [-0.2, -0.15) is 0 Å². The van der Waals surface area contributed by atoms with Crippen LogP contribution in [-0.2, 0) is 23.7 Å². The van der Waals surface area contributed by atoms with Gasteiger partial charge in [0.1, 0.15) is 0 Å². The highest BCUT2D eigenvalue weighted by Gasteiger charge is 2.53. The van der Waals surface area contributed by atoms with E-state index in [-0.39, 0.29) is 16.7 Å². The van der Waals surface area contributed by atoms with Crippen molar-refractivity contribution in [1.82, 2.24) is 0 Å². The smallest absolute Gasteiger partial charge is 0.338 e. The molecule has 0 amide bonds. The maximum atomic E-state index is 13.2. The SMILES string of the molecule is C[C@H]1OC(OC(=N)C(Cl)(Cl)Cl)[C@@H](OC(=O)c2ccccc2)[C@@H](OC(=O)c2ccccc2)[C@@H]1OC(=O)c1ccccc1. The fourth-order valence-corrected chi connectivity index (χ4v) is 4.10. The summed E-state index contributed by atoms with van der Waals surface area (Å²) in [7, 11) is 0. The highest BCUT2D eigenvalue weighted by Crippen LogP contribution is 2.34. The van der Waals surface area contributed by atoms with E-state index in [1.54, 1.807) is 66.7 Å². The molecule has 1 aliphatic heterocycles. The van der Waals surface area contributed by atoms with Crippen LogP contribution in [0.1, 0.15) is 38.0 Å². The van der Waals surface area contributed by atoms with Crippen LogP contribution in [-0.4, -0.2) is 58.3 Å². The van der Waals surface area contributed by atoms with Crippen molar-refractivity contribution in [2.75, 3.05) is 0 Å². The van der Waals surface area contributed by atoms with Crippen molar-refractivity contribution in [2.45, 2.75) is 41.4 Å². The molecule has 12 heteroatoms. The van der Waals surface area contributed by atoms with Gasteiger partial charge in [-0.05, 0) is 43.3 Å². The number of carbonyl (C=O) groups is 3. The van der Waals surface area contributed by atoms with Crippen LogP contribution in [0.25, 0.3) is 0 Å². The maximum Gasteiger partial charge on any atom is 0.338 e. The molecule has 41 heavy (non-hydrogen) atoms. The van der Waals surface area contributed by atoms with Gasteiger partial charge in [-0.1, -0.05) is 89.4 Å². The van der Waals surface area contributed by atoms with Gasteiger partial charge in [-0.15, -0.1) is 0 Å². The molecule has 0 aliphatic carbocycles. The molecule has 1 aliphatic rings. The molecule has 0 saturated carbocycles. The van der Waals surface area contributed by atoms with E-state index in [4.69, 9.17) is 63.9 Å². The Kier molecular flexibility index (Phi) is 9.88. The number of carbonyl (C=O) groups excluding carboxylic acids is 3. The van der Waals surface area contributed by atoms with Crippen LogP contribution in [0.4, 0.5) is 0 Å². The summed E-state index contributed by atoms with van der Waals surface area (Å²) in [5, 5.41) is 8.06. The molecule has 3 aromatic carbocycles. The molecule has 4 rings (SSSR count). The largest absolute Gasteiger partial charge is 0.452 e. The summed E-state index contributed by atoms with van der Waals surface area (Å²) >= 11 is 17.5. The Labute approximate surface area is 250 Å². The number of rotatable bonds is 7. The summed E-state index contributed by atoms with van der Waals surface area (Å²) in [6.07, 6.45) is -6.93. The average Bonchev–Trinajstić information content (AvgIpc) is 2.97. The molecular formula is C29H24Cl3NO8. The van der Waals surface area contributed by atoms with E-state index in [2.05, 4.69) is 0 Å². The Morgan fingerprint density at radius 2 is 1.00 bits per heavy atom. The summed E-state index contributed by atoms with van der Waals surface area (Å²) in [5.41, 5.74) is 0.564. The molecule has 1 fully saturated rings. The Morgan fingerprint density at radius 1 is 0.634 bits per heavy atom. The van der Waals surface area contributed by atoms with E-state index in [0.717, 1.165) is 0 Å². The lowest BCUT2D eigenvalue weighted by Gasteiger charge is -2.43. The Bertz CT molecular complexity index is 1370. The van der Waals surface area contributed by atoms with Crippen molar-refractivity contribution in [2.24, 2.45) is 0 Å². The number of esters is 3. The first-order chi connectivity index (χ1) is 19.5. The fraction of sp³-hybridized carbons (Fsp3) is 0.241. The van der Waals surface area contributed by atoms with Crippen LogP contribution >= 0.6 is 34.8 Å². The molecule has 5 atom stereocenters. The molecule has 0 bridgehead atoms. The molecule has 1 unspecified atom stereocenters. The third kappa shape index (κ3) is 7.77. The summed E-state index contributed by atoms with van der Waals surface area (Å²) in [4.78, 5) is 39.4. The summed E-state index contributed by atoms with van der Waals surface area (Å²) < 4.78 is 26.4. The number of hydrogen-bond donors (Lipinski definition) is 1. The standard InChI is InChI=1S/C29H24Cl3NO8/c1-17-21(38-24(34)18-11-5-2-6-12-18)22(39-25(35)19-13-7-3-8-14-19)23(27(37-17)41-28(33)29(30,31)32)40-26(36)20-15-9-4-10-16-20/h2-17,21-23,27,33H,1H3/t17-,21-,22+,23+,27?/m1/s1. The lowest BCUT2D eigenvalue weighted by molar-refractivity contribution is -0.270. The van der Waals surface area contributed by atoms with E-state index in [9.17, 15) is 14.4 Å². The second kappa shape index (κ2) is 13.4. The van der Waals surface area contributed by atoms with Gasteiger partial charge < -0.3 is 23.7 Å². The molecule has 1 heterocycles. The first kappa shape index (κ1) is 30.3. The fourth-order valence-electron chi connectivity index (χ4n) is 3.97. The van der Waals surface area contributed by atoms with Crippen molar-refractivity contribution >= 4 is 58.6 Å². The monoisotopic (exact) mass is 619 g/mol. The van der Waals surface area contributed by atoms with Crippen molar-refractivity contribution < 1.29 is 38.1 Å². The van der Waals surface area contributed by atoms with Gasteiger partial charge >= 0.3 is 17.9 Å². The Hall–Kier alpha value is -3.63. The van der Waals surface area contributed by atoms with Crippen LogP contribution in [0.2, 0.25) is 0 Å². The minimum Gasteiger partial charge on any atom is -0.452 e. The van der Waals surface area contributed by atoms with Gasteiger partial charge in [0, 0.05) is 0 Å². The van der Waals surface area contributed by atoms with Gasteiger partial charge in [0.2, 0.25) is 18.3 Å². The van der Waals surface area contributed by atoms with Gasteiger partial charge in [-0.25, -0.2) is 14.4 Å². The number of alkyl halides is 3.